The lowest BCUT2D eigenvalue weighted by Crippen LogP contribution is -2.28. The lowest BCUT2D eigenvalue weighted by atomic mass is 10.0. The fourth-order valence-electron chi connectivity index (χ4n) is 2.84. The molecule has 0 atom stereocenters. The molecule has 6 heteroatoms. The summed E-state index contributed by atoms with van der Waals surface area (Å²) in [5.74, 6) is 0.413. The first kappa shape index (κ1) is 22.0. The molecule has 28 heavy (non-hydrogen) atoms. The number of nitrogens with one attached hydrogen (secondary N) is 1. The Labute approximate surface area is 168 Å². The minimum atomic E-state index is -3.30. The zero-order valence-corrected chi connectivity index (χ0v) is 17.9. The van der Waals surface area contributed by atoms with Crippen molar-refractivity contribution in [2.45, 2.75) is 39.5 Å². The van der Waals surface area contributed by atoms with Crippen LogP contribution in [-0.2, 0) is 16.4 Å². The number of carbonyl (C=O) groups is 1. The highest BCUT2D eigenvalue weighted by Gasteiger charge is 2.16. The molecule has 0 radical (unpaired) electrons. The van der Waals surface area contributed by atoms with Crippen LogP contribution in [0.2, 0.25) is 0 Å². The van der Waals surface area contributed by atoms with Crippen molar-refractivity contribution < 1.29 is 13.2 Å². The average molecular weight is 403 g/mol. The van der Waals surface area contributed by atoms with Gasteiger partial charge in [0.1, 0.15) is 0 Å². The summed E-state index contributed by atoms with van der Waals surface area (Å²) in [6, 6.07) is 15.2. The second kappa shape index (κ2) is 9.73. The number of amides is 1. The molecule has 2 aromatic rings. The van der Waals surface area contributed by atoms with Crippen molar-refractivity contribution in [1.82, 2.24) is 5.32 Å². The molecule has 2 aromatic carbocycles. The van der Waals surface area contributed by atoms with Gasteiger partial charge in [-0.05, 0) is 61.1 Å². The molecular formula is C22H30N2O3S. The Kier molecular flexibility index (Phi) is 7.63. The van der Waals surface area contributed by atoms with Gasteiger partial charge in [0, 0.05) is 19.2 Å². The van der Waals surface area contributed by atoms with Gasteiger partial charge in [0.2, 0.25) is 10.0 Å². The highest BCUT2D eigenvalue weighted by molar-refractivity contribution is 7.92. The van der Waals surface area contributed by atoms with Crippen molar-refractivity contribution in [3.8, 4) is 0 Å². The Morgan fingerprint density at radius 2 is 1.64 bits per heavy atom. The number of carbonyl (C=O) groups excluding carboxylic acids is 1. The van der Waals surface area contributed by atoms with Gasteiger partial charge in [-0.25, -0.2) is 8.42 Å². The van der Waals surface area contributed by atoms with Gasteiger partial charge in [-0.3, -0.25) is 9.10 Å². The predicted octanol–water partition coefficient (Wildman–Crippen LogP) is 3.96. The van der Waals surface area contributed by atoms with Crippen LogP contribution in [0.5, 0.6) is 0 Å². The van der Waals surface area contributed by atoms with Crippen LogP contribution in [0.15, 0.2) is 48.5 Å². The molecule has 0 spiro atoms. The molecule has 0 aliphatic carbocycles. The van der Waals surface area contributed by atoms with E-state index in [2.05, 4.69) is 43.4 Å². The molecular weight excluding hydrogens is 372 g/mol. The van der Waals surface area contributed by atoms with Crippen LogP contribution in [0.4, 0.5) is 5.69 Å². The number of hydrogen-bond acceptors (Lipinski definition) is 3. The summed E-state index contributed by atoms with van der Waals surface area (Å²) in [5.41, 5.74) is 3.66. The van der Waals surface area contributed by atoms with Crippen molar-refractivity contribution in [3.63, 3.8) is 0 Å². The standard InChI is InChI=1S/C22H30N2O3S/c1-5-28(26,27)24(4)21-14-12-20(13-15-21)22(25)23-16-6-7-18-8-10-19(11-9-18)17(2)3/h8-15,17H,5-7,16H2,1-4H3,(H,23,25). The molecule has 0 aliphatic heterocycles. The summed E-state index contributed by atoms with van der Waals surface area (Å²) >= 11 is 0. The minimum absolute atomic E-state index is 0.0337. The zero-order valence-electron chi connectivity index (χ0n) is 17.1. The van der Waals surface area contributed by atoms with Crippen molar-refractivity contribution in [3.05, 3.63) is 65.2 Å². The van der Waals surface area contributed by atoms with Crippen LogP contribution in [0.3, 0.4) is 0 Å². The van der Waals surface area contributed by atoms with Gasteiger partial charge >= 0.3 is 0 Å². The smallest absolute Gasteiger partial charge is 0.251 e. The van der Waals surface area contributed by atoms with Crippen molar-refractivity contribution in [2.24, 2.45) is 0 Å². The van der Waals surface area contributed by atoms with E-state index in [9.17, 15) is 13.2 Å². The number of aryl methyl sites for hydroxylation is 1. The van der Waals surface area contributed by atoms with Crippen molar-refractivity contribution in [1.29, 1.82) is 0 Å². The molecule has 2 rings (SSSR count). The topological polar surface area (TPSA) is 66.5 Å². The number of anilines is 1. The molecule has 0 bridgehead atoms. The Morgan fingerprint density at radius 3 is 2.18 bits per heavy atom. The first-order chi connectivity index (χ1) is 13.2. The molecule has 0 unspecified atom stereocenters. The second-order valence-electron chi connectivity index (χ2n) is 7.17. The van der Waals surface area contributed by atoms with Gasteiger partial charge in [-0.2, -0.15) is 0 Å². The Balaban J connectivity index is 1.83. The fourth-order valence-corrected chi connectivity index (χ4v) is 3.67. The van der Waals surface area contributed by atoms with E-state index in [0.29, 0.717) is 23.7 Å². The maximum atomic E-state index is 12.3. The Hall–Kier alpha value is -2.34. The molecule has 152 valence electrons. The number of rotatable bonds is 9. The van der Waals surface area contributed by atoms with E-state index in [4.69, 9.17) is 0 Å². The molecule has 0 heterocycles. The van der Waals surface area contributed by atoms with Gasteiger partial charge in [-0.15, -0.1) is 0 Å². The van der Waals surface area contributed by atoms with Crippen molar-refractivity contribution >= 4 is 21.6 Å². The third-order valence-corrected chi connectivity index (χ3v) is 6.62. The molecule has 0 aromatic heterocycles. The first-order valence-electron chi connectivity index (χ1n) is 9.68. The van der Waals surface area contributed by atoms with E-state index in [0.717, 1.165) is 12.8 Å². The van der Waals surface area contributed by atoms with Gasteiger partial charge in [0.15, 0.2) is 0 Å². The summed E-state index contributed by atoms with van der Waals surface area (Å²) in [6.07, 6.45) is 1.78. The van der Waals surface area contributed by atoms with Crippen LogP contribution in [0.25, 0.3) is 0 Å². The largest absolute Gasteiger partial charge is 0.352 e. The number of benzene rings is 2. The molecule has 1 N–H and O–H groups in total. The van der Waals surface area contributed by atoms with Gasteiger partial charge < -0.3 is 5.32 Å². The fraction of sp³-hybridized carbons (Fsp3) is 0.409. The minimum Gasteiger partial charge on any atom is -0.352 e. The Bertz CT molecular complexity index is 873. The summed E-state index contributed by atoms with van der Waals surface area (Å²) in [6.45, 7) is 6.55. The average Bonchev–Trinajstić information content (AvgIpc) is 2.70. The maximum absolute atomic E-state index is 12.3. The molecule has 0 aliphatic rings. The summed E-state index contributed by atoms with van der Waals surface area (Å²) in [7, 11) is -1.79. The lowest BCUT2D eigenvalue weighted by molar-refractivity contribution is 0.0953. The SMILES string of the molecule is CCS(=O)(=O)N(C)c1ccc(C(=O)NCCCc2ccc(C(C)C)cc2)cc1. The van der Waals surface area contributed by atoms with E-state index >= 15 is 0 Å². The second-order valence-corrected chi connectivity index (χ2v) is 9.46. The monoisotopic (exact) mass is 402 g/mol. The zero-order chi connectivity index (χ0) is 20.7. The Morgan fingerprint density at radius 1 is 1.04 bits per heavy atom. The van der Waals surface area contributed by atoms with Crippen LogP contribution >= 0.6 is 0 Å². The van der Waals surface area contributed by atoms with Crippen LogP contribution < -0.4 is 9.62 Å². The normalized spacial score (nSPS) is 11.5. The number of sulfonamides is 1. The first-order valence-corrected chi connectivity index (χ1v) is 11.3. The predicted molar refractivity (Wildman–Crippen MR) is 115 cm³/mol. The maximum Gasteiger partial charge on any atom is 0.251 e. The molecule has 5 nitrogen and oxygen atoms in total. The number of nitrogens with zero attached hydrogens (tertiary/aromatic N) is 1. The lowest BCUT2D eigenvalue weighted by Gasteiger charge is -2.18. The van der Waals surface area contributed by atoms with Crippen LogP contribution in [0, 0.1) is 0 Å². The van der Waals surface area contributed by atoms with E-state index < -0.39 is 10.0 Å². The van der Waals surface area contributed by atoms with E-state index in [1.165, 1.54) is 22.5 Å². The summed E-state index contributed by atoms with van der Waals surface area (Å²) < 4.78 is 25.1. The summed E-state index contributed by atoms with van der Waals surface area (Å²) in [4.78, 5) is 12.3. The van der Waals surface area contributed by atoms with Crippen LogP contribution in [0.1, 0.15) is 54.6 Å². The summed E-state index contributed by atoms with van der Waals surface area (Å²) in [5, 5.41) is 2.92. The third-order valence-electron chi connectivity index (χ3n) is 4.85. The van der Waals surface area contributed by atoms with E-state index in [1.807, 2.05) is 0 Å². The van der Waals surface area contributed by atoms with Gasteiger partial charge in [0.05, 0.1) is 11.4 Å². The van der Waals surface area contributed by atoms with E-state index in [-0.39, 0.29) is 11.7 Å². The van der Waals surface area contributed by atoms with Gasteiger partial charge in [0.25, 0.3) is 5.91 Å². The molecule has 0 saturated heterocycles. The van der Waals surface area contributed by atoms with Crippen molar-refractivity contribution in [2.75, 3.05) is 23.7 Å². The highest BCUT2D eigenvalue weighted by Crippen LogP contribution is 2.18. The third kappa shape index (κ3) is 5.83. The highest BCUT2D eigenvalue weighted by atomic mass is 32.2. The molecule has 1 amide bonds. The quantitative estimate of drug-likeness (QED) is 0.646. The van der Waals surface area contributed by atoms with Gasteiger partial charge in [-0.1, -0.05) is 38.1 Å². The van der Waals surface area contributed by atoms with E-state index in [1.54, 1.807) is 31.2 Å². The molecule has 0 saturated carbocycles. The number of hydrogen-bond donors (Lipinski definition) is 1. The van der Waals surface area contributed by atoms with Crippen LogP contribution in [-0.4, -0.2) is 33.7 Å². The molecule has 0 fully saturated rings.